The first-order valence-corrected chi connectivity index (χ1v) is 12.9. The van der Waals surface area contributed by atoms with E-state index in [0.717, 1.165) is 19.3 Å². The maximum atomic E-state index is 7.50. The van der Waals surface area contributed by atoms with Gasteiger partial charge in [0.15, 0.2) is 0 Å². The van der Waals surface area contributed by atoms with Crippen LogP contribution in [0.25, 0.3) is 0 Å². The molecule has 3 rings (SSSR count). The highest BCUT2D eigenvalue weighted by atomic mass is 28.4. The Morgan fingerprint density at radius 1 is 1.07 bits per heavy atom. The highest BCUT2D eigenvalue weighted by Crippen LogP contribution is 2.57. The Hall–Kier alpha value is -2.08. The molecule has 30 heavy (non-hydrogen) atoms. The number of terminal acetylenes is 1. The van der Waals surface area contributed by atoms with Crippen LogP contribution in [0.3, 0.4) is 0 Å². The highest BCUT2D eigenvalue weighted by molar-refractivity contribution is 6.99. The topological polar surface area (TPSA) is 9.23 Å². The number of benzene rings is 2. The van der Waals surface area contributed by atoms with Gasteiger partial charge >= 0.3 is 0 Å². The van der Waals surface area contributed by atoms with Crippen LogP contribution in [0, 0.1) is 23.2 Å². The average Bonchev–Trinajstić information content (AvgIpc) is 2.97. The zero-order chi connectivity index (χ0) is 22.0. The summed E-state index contributed by atoms with van der Waals surface area (Å²) in [7, 11) is -2.61. The Kier molecular flexibility index (Phi) is 6.19. The van der Waals surface area contributed by atoms with Crippen LogP contribution in [0.1, 0.15) is 53.9 Å². The van der Waals surface area contributed by atoms with Gasteiger partial charge in [0.05, 0.1) is 6.10 Å². The Morgan fingerprint density at radius 3 is 1.97 bits per heavy atom. The molecule has 0 N–H and O–H groups in total. The summed E-state index contributed by atoms with van der Waals surface area (Å²) >= 11 is 0. The molecule has 2 aromatic carbocycles. The molecule has 3 atom stereocenters. The summed E-state index contributed by atoms with van der Waals surface area (Å²) in [4.78, 5) is 0. The van der Waals surface area contributed by atoms with E-state index in [9.17, 15) is 0 Å². The number of allylic oxidation sites excluding steroid dienone is 1. The van der Waals surface area contributed by atoms with Crippen molar-refractivity contribution in [2.24, 2.45) is 10.8 Å². The van der Waals surface area contributed by atoms with Crippen molar-refractivity contribution >= 4 is 18.7 Å². The standard InChI is InChI=1S/C28H36OSi/c1-8-21-28(7)25(20-22-27(28,6)9-2)29-30(26(3,4)5,23-16-12-10-13-17-23)24-18-14-11-15-19-24/h2,8,10-19,25H,1,20-22H2,3-7H3/t25-,27+,28-/m1/s1. The van der Waals surface area contributed by atoms with E-state index in [2.05, 4.69) is 108 Å². The van der Waals surface area contributed by atoms with Crippen molar-refractivity contribution in [2.45, 2.75) is 65.0 Å². The fraction of sp³-hybridized carbons (Fsp3) is 0.429. The largest absolute Gasteiger partial charge is 0.404 e. The monoisotopic (exact) mass is 416 g/mol. The molecule has 0 radical (unpaired) electrons. The Labute approximate surface area is 184 Å². The van der Waals surface area contributed by atoms with Crippen LogP contribution >= 0.6 is 0 Å². The molecule has 2 heteroatoms. The van der Waals surface area contributed by atoms with E-state index in [-0.39, 0.29) is 22.0 Å². The average molecular weight is 417 g/mol. The first kappa shape index (κ1) is 22.6. The lowest BCUT2D eigenvalue weighted by Crippen LogP contribution is -2.68. The molecular weight excluding hydrogens is 380 g/mol. The second kappa shape index (κ2) is 8.21. The highest BCUT2D eigenvalue weighted by Gasteiger charge is 2.59. The lowest BCUT2D eigenvalue weighted by atomic mass is 9.66. The van der Waals surface area contributed by atoms with E-state index in [4.69, 9.17) is 10.8 Å². The second-order valence-corrected chi connectivity index (χ2v) is 14.4. The van der Waals surface area contributed by atoms with E-state index in [1.807, 2.05) is 6.08 Å². The van der Waals surface area contributed by atoms with E-state index in [0.29, 0.717) is 0 Å². The molecular formula is C28H36OSi. The lowest BCUT2D eigenvalue weighted by Gasteiger charge is -2.49. The van der Waals surface area contributed by atoms with Crippen LogP contribution < -0.4 is 10.4 Å². The van der Waals surface area contributed by atoms with Crippen LogP contribution in [0.4, 0.5) is 0 Å². The van der Waals surface area contributed by atoms with Crippen molar-refractivity contribution in [3.05, 3.63) is 73.3 Å². The molecule has 0 aromatic heterocycles. The molecule has 0 bridgehead atoms. The Morgan fingerprint density at radius 2 is 1.57 bits per heavy atom. The van der Waals surface area contributed by atoms with Gasteiger partial charge in [0, 0.05) is 10.8 Å². The van der Waals surface area contributed by atoms with Gasteiger partial charge in [0.2, 0.25) is 0 Å². The van der Waals surface area contributed by atoms with Gasteiger partial charge in [-0.3, -0.25) is 0 Å². The molecule has 0 amide bonds. The van der Waals surface area contributed by atoms with Crippen molar-refractivity contribution in [3.63, 3.8) is 0 Å². The third-order valence-electron chi connectivity index (χ3n) is 7.50. The van der Waals surface area contributed by atoms with E-state index in [1.165, 1.54) is 10.4 Å². The third-order valence-corrected chi connectivity index (χ3v) is 12.5. The summed E-state index contributed by atoms with van der Waals surface area (Å²) in [6.45, 7) is 15.6. The molecule has 1 nitrogen and oxygen atoms in total. The molecule has 1 saturated carbocycles. The predicted octanol–water partition coefficient (Wildman–Crippen LogP) is 5.95. The van der Waals surface area contributed by atoms with Gasteiger partial charge in [-0.2, -0.15) is 0 Å². The van der Waals surface area contributed by atoms with Gasteiger partial charge in [-0.25, -0.2) is 0 Å². The minimum atomic E-state index is -2.61. The van der Waals surface area contributed by atoms with Crippen LogP contribution in [0.15, 0.2) is 73.3 Å². The molecule has 1 fully saturated rings. The molecule has 0 aliphatic heterocycles. The minimum Gasteiger partial charge on any atom is -0.404 e. The minimum absolute atomic E-state index is 0.0417. The number of rotatable bonds is 6. The Balaban J connectivity index is 2.22. The molecule has 158 valence electrons. The Bertz CT molecular complexity index is 866. The van der Waals surface area contributed by atoms with Gasteiger partial charge in [-0.15, -0.1) is 13.0 Å². The first-order valence-electron chi connectivity index (χ1n) is 11.0. The van der Waals surface area contributed by atoms with Crippen LogP contribution in [-0.4, -0.2) is 14.4 Å². The normalized spacial score (nSPS) is 26.9. The fourth-order valence-electron chi connectivity index (χ4n) is 5.37. The van der Waals surface area contributed by atoms with E-state index < -0.39 is 8.32 Å². The maximum absolute atomic E-state index is 7.50. The third kappa shape index (κ3) is 3.49. The maximum Gasteiger partial charge on any atom is 0.261 e. The second-order valence-electron chi connectivity index (χ2n) is 10.2. The van der Waals surface area contributed by atoms with Crippen molar-refractivity contribution in [3.8, 4) is 12.3 Å². The zero-order valence-electron chi connectivity index (χ0n) is 19.2. The zero-order valence-corrected chi connectivity index (χ0v) is 20.2. The van der Waals surface area contributed by atoms with Crippen molar-refractivity contribution in [1.82, 2.24) is 0 Å². The predicted molar refractivity (Wildman–Crippen MR) is 132 cm³/mol. The van der Waals surface area contributed by atoms with E-state index in [1.54, 1.807) is 0 Å². The molecule has 2 aromatic rings. The smallest absolute Gasteiger partial charge is 0.261 e. The van der Waals surface area contributed by atoms with E-state index >= 15 is 0 Å². The first-order chi connectivity index (χ1) is 14.1. The molecule has 0 unspecified atom stereocenters. The summed E-state index contributed by atoms with van der Waals surface area (Å²) in [6, 6.07) is 21.7. The SMILES string of the molecule is C#C[C@@]1(C)CC[C@@H](O[Si](c2ccccc2)(c2ccccc2)C(C)(C)C)[C@@]1(C)CC=C. The molecule has 0 spiro atoms. The van der Waals surface area contributed by atoms with Crippen molar-refractivity contribution in [1.29, 1.82) is 0 Å². The summed E-state index contributed by atoms with van der Waals surface area (Å²) in [5.74, 6) is 3.14. The summed E-state index contributed by atoms with van der Waals surface area (Å²) < 4.78 is 7.50. The van der Waals surface area contributed by atoms with Crippen LogP contribution in [0.2, 0.25) is 5.04 Å². The quantitative estimate of drug-likeness (QED) is 0.321. The lowest BCUT2D eigenvalue weighted by molar-refractivity contribution is 0.0352. The van der Waals surface area contributed by atoms with Gasteiger partial charge in [-0.1, -0.05) is 100 Å². The molecule has 0 saturated heterocycles. The fourth-order valence-corrected chi connectivity index (χ4v) is 10.2. The molecule has 0 heterocycles. The summed E-state index contributed by atoms with van der Waals surface area (Å²) in [5, 5.41) is 2.60. The van der Waals surface area contributed by atoms with Crippen molar-refractivity contribution in [2.75, 3.05) is 0 Å². The van der Waals surface area contributed by atoms with Gasteiger partial charge < -0.3 is 4.43 Å². The van der Waals surface area contributed by atoms with Gasteiger partial charge in [0.25, 0.3) is 8.32 Å². The van der Waals surface area contributed by atoms with Gasteiger partial charge in [-0.05, 0) is 41.6 Å². The summed E-state index contributed by atoms with van der Waals surface area (Å²) in [6.07, 6.45) is 11.0. The molecule has 1 aliphatic carbocycles. The van der Waals surface area contributed by atoms with Gasteiger partial charge in [0.1, 0.15) is 0 Å². The van der Waals surface area contributed by atoms with Crippen molar-refractivity contribution < 1.29 is 4.43 Å². The number of hydrogen-bond acceptors (Lipinski definition) is 1. The van der Waals surface area contributed by atoms with Crippen LogP contribution in [0.5, 0.6) is 0 Å². The number of hydrogen-bond donors (Lipinski definition) is 0. The van der Waals surface area contributed by atoms with Crippen LogP contribution in [-0.2, 0) is 4.43 Å². The molecule has 1 aliphatic rings. The summed E-state index contributed by atoms with van der Waals surface area (Å²) in [5.41, 5.74) is -0.339.